The molecule has 6 heteroatoms. The van der Waals surface area contributed by atoms with Crippen LogP contribution in [0.4, 0.5) is 11.4 Å². The van der Waals surface area contributed by atoms with Gasteiger partial charge in [-0.2, -0.15) is 0 Å². The maximum atomic E-state index is 11.8. The van der Waals surface area contributed by atoms with E-state index in [0.29, 0.717) is 11.4 Å². The normalized spacial score (nSPS) is 16.2. The van der Waals surface area contributed by atoms with Gasteiger partial charge in [-0.25, -0.2) is 4.79 Å². The highest BCUT2D eigenvalue weighted by molar-refractivity contribution is 6.14. The highest BCUT2D eigenvalue weighted by Crippen LogP contribution is 2.27. The maximum Gasteiger partial charge on any atom is 0.356 e. The molecule has 0 fully saturated rings. The topological polar surface area (TPSA) is 93.4 Å². The van der Waals surface area contributed by atoms with E-state index < -0.39 is 11.9 Å². The first-order valence-electron chi connectivity index (χ1n) is 5.47. The number of esters is 1. The van der Waals surface area contributed by atoms with Gasteiger partial charge in [0.25, 0.3) is 5.91 Å². The molecule has 1 aromatic rings. The molecule has 1 aliphatic heterocycles. The van der Waals surface area contributed by atoms with Gasteiger partial charge in [-0.05, 0) is 19.1 Å². The average Bonchev–Trinajstić information content (AvgIpc) is 2.37. The Kier molecular flexibility index (Phi) is 3.18. The van der Waals surface area contributed by atoms with Crippen LogP contribution >= 0.6 is 0 Å². The van der Waals surface area contributed by atoms with E-state index >= 15 is 0 Å². The molecular formula is C12H13N3O3. The van der Waals surface area contributed by atoms with E-state index in [2.05, 4.69) is 10.6 Å². The van der Waals surface area contributed by atoms with E-state index in [1.54, 1.807) is 25.1 Å². The largest absolute Gasteiger partial charge is 0.461 e. The highest BCUT2D eigenvalue weighted by atomic mass is 16.5. The van der Waals surface area contributed by atoms with Crippen LogP contribution in [0.25, 0.3) is 0 Å². The first kappa shape index (κ1) is 12.0. The second-order valence-electron chi connectivity index (χ2n) is 3.63. The van der Waals surface area contributed by atoms with Gasteiger partial charge in [-0.1, -0.05) is 12.1 Å². The molecule has 94 valence electrons. The van der Waals surface area contributed by atoms with Gasteiger partial charge in [0, 0.05) is 0 Å². The Bertz CT molecular complexity index is 537. The fraction of sp³-hybridized carbons (Fsp3) is 0.167. The Morgan fingerprint density at radius 2 is 1.89 bits per heavy atom. The van der Waals surface area contributed by atoms with Gasteiger partial charge in [0.1, 0.15) is 11.4 Å². The van der Waals surface area contributed by atoms with Crippen molar-refractivity contribution in [3.05, 3.63) is 35.7 Å². The van der Waals surface area contributed by atoms with Crippen LogP contribution in [0.15, 0.2) is 35.7 Å². The summed E-state index contributed by atoms with van der Waals surface area (Å²) in [5, 5.41) is 5.47. The summed E-state index contributed by atoms with van der Waals surface area (Å²) in [6.07, 6.45) is 0. The number of benzene rings is 1. The van der Waals surface area contributed by atoms with Crippen molar-refractivity contribution in [1.82, 2.24) is 0 Å². The summed E-state index contributed by atoms with van der Waals surface area (Å²) in [6, 6.07) is 7.12. The van der Waals surface area contributed by atoms with Gasteiger partial charge >= 0.3 is 5.97 Å². The summed E-state index contributed by atoms with van der Waals surface area (Å²) in [6.45, 7) is 1.87. The Labute approximate surface area is 104 Å². The van der Waals surface area contributed by atoms with Crippen molar-refractivity contribution in [2.24, 2.45) is 5.73 Å². The van der Waals surface area contributed by atoms with E-state index in [4.69, 9.17) is 10.5 Å². The van der Waals surface area contributed by atoms with Crippen LogP contribution in [-0.4, -0.2) is 18.5 Å². The second kappa shape index (κ2) is 4.79. The second-order valence-corrected chi connectivity index (χ2v) is 3.63. The zero-order chi connectivity index (χ0) is 13.1. The van der Waals surface area contributed by atoms with Crippen molar-refractivity contribution < 1.29 is 14.3 Å². The fourth-order valence-corrected chi connectivity index (χ4v) is 1.58. The molecule has 1 heterocycles. The van der Waals surface area contributed by atoms with Crippen molar-refractivity contribution in [2.75, 3.05) is 17.2 Å². The smallest absolute Gasteiger partial charge is 0.356 e. The minimum absolute atomic E-state index is 0.00662. The molecule has 1 aliphatic rings. The number of para-hydroxylation sites is 2. The van der Waals surface area contributed by atoms with Crippen molar-refractivity contribution >= 4 is 23.3 Å². The van der Waals surface area contributed by atoms with Gasteiger partial charge in [-0.3, -0.25) is 4.79 Å². The van der Waals surface area contributed by atoms with Gasteiger partial charge < -0.3 is 21.1 Å². The van der Waals surface area contributed by atoms with Gasteiger partial charge in [0.05, 0.1) is 18.0 Å². The predicted molar refractivity (Wildman–Crippen MR) is 66.5 cm³/mol. The van der Waals surface area contributed by atoms with Crippen LogP contribution in [-0.2, 0) is 14.3 Å². The van der Waals surface area contributed by atoms with E-state index in [1.165, 1.54) is 0 Å². The number of fused-ring (bicyclic) bond motifs is 1. The molecule has 2 rings (SSSR count). The predicted octanol–water partition coefficient (Wildman–Crippen LogP) is 0.784. The number of rotatable bonds is 2. The summed E-state index contributed by atoms with van der Waals surface area (Å²) in [4.78, 5) is 23.3. The Morgan fingerprint density at radius 1 is 1.28 bits per heavy atom. The molecule has 0 saturated carbocycles. The summed E-state index contributed by atoms with van der Waals surface area (Å²) in [5.74, 6) is -1.17. The third-order valence-corrected chi connectivity index (χ3v) is 2.43. The molecule has 0 spiro atoms. The number of ether oxygens (including phenoxy) is 1. The van der Waals surface area contributed by atoms with Crippen LogP contribution in [0.1, 0.15) is 6.92 Å². The van der Waals surface area contributed by atoms with Crippen LogP contribution in [0.5, 0.6) is 0 Å². The lowest BCUT2D eigenvalue weighted by Crippen LogP contribution is -2.31. The molecule has 0 atom stereocenters. The standard InChI is InChI=1S/C12H13N3O3/c1-2-18-12(17)9(13)10-11(16)15-8-6-4-3-5-7(8)14-10/h3-6,14H,2,13H2,1H3,(H,15,16). The van der Waals surface area contributed by atoms with Crippen molar-refractivity contribution in [1.29, 1.82) is 0 Å². The number of nitrogens with one attached hydrogen (secondary N) is 2. The fourth-order valence-electron chi connectivity index (χ4n) is 1.58. The summed E-state index contributed by atoms with van der Waals surface area (Å²) < 4.78 is 4.75. The SMILES string of the molecule is CCOC(=O)C(N)=C1Nc2ccccc2NC1=O. The van der Waals surface area contributed by atoms with E-state index in [1.807, 2.05) is 6.07 Å². The maximum absolute atomic E-state index is 11.8. The number of nitrogens with two attached hydrogens (primary N) is 1. The molecule has 0 aliphatic carbocycles. The molecular weight excluding hydrogens is 234 g/mol. The van der Waals surface area contributed by atoms with Crippen LogP contribution in [0.2, 0.25) is 0 Å². The Balaban J connectivity index is 2.34. The van der Waals surface area contributed by atoms with Gasteiger partial charge in [0.15, 0.2) is 0 Å². The number of carbonyl (C=O) groups excluding carboxylic acids is 2. The number of anilines is 2. The number of hydrogen-bond acceptors (Lipinski definition) is 5. The molecule has 0 saturated heterocycles. The zero-order valence-corrected chi connectivity index (χ0v) is 9.82. The molecule has 1 aromatic carbocycles. The van der Waals surface area contributed by atoms with E-state index in [9.17, 15) is 9.59 Å². The quantitative estimate of drug-likeness (QED) is 0.530. The first-order valence-corrected chi connectivity index (χ1v) is 5.47. The van der Waals surface area contributed by atoms with E-state index in [0.717, 1.165) is 0 Å². The summed E-state index contributed by atoms with van der Waals surface area (Å²) in [5.41, 5.74) is 6.70. The minimum Gasteiger partial charge on any atom is -0.461 e. The molecule has 0 unspecified atom stereocenters. The lowest BCUT2D eigenvalue weighted by molar-refractivity contribution is -0.138. The molecule has 0 radical (unpaired) electrons. The number of amides is 1. The number of carbonyl (C=O) groups is 2. The lowest BCUT2D eigenvalue weighted by atomic mass is 10.2. The summed E-state index contributed by atoms with van der Waals surface area (Å²) in [7, 11) is 0. The van der Waals surface area contributed by atoms with Gasteiger partial charge in [0.2, 0.25) is 0 Å². The highest BCUT2D eigenvalue weighted by Gasteiger charge is 2.25. The van der Waals surface area contributed by atoms with Crippen molar-refractivity contribution in [2.45, 2.75) is 6.92 Å². The number of hydrogen-bond donors (Lipinski definition) is 3. The molecule has 18 heavy (non-hydrogen) atoms. The average molecular weight is 247 g/mol. The molecule has 0 aromatic heterocycles. The van der Waals surface area contributed by atoms with Crippen LogP contribution < -0.4 is 16.4 Å². The lowest BCUT2D eigenvalue weighted by Gasteiger charge is -2.21. The van der Waals surface area contributed by atoms with Crippen molar-refractivity contribution in [3.8, 4) is 0 Å². The van der Waals surface area contributed by atoms with Crippen molar-refractivity contribution in [3.63, 3.8) is 0 Å². The molecule has 1 amide bonds. The summed E-state index contributed by atoms with van der Waals surface area (Å²) >= 11 is 0. The Morgan fingerprint density at radius 3 is 2.50 bits per heavy atom. The first-order chi connectivity index (χ1) is 8.63. The van der Waals surface area contributed by atoms with Crippen LogP contribution in [0.3, 0.4) is 0 Å². The third-order valence-electron chi connectivity index (χ3n) is 2.43. The molecule has 6 nitrogen and oxygen atoms in total. The minimum atomic E-state index is -0.713. The Hall–Kier alpha value is -2.50. The molecule has 0 bridgehead atoms. The monoisotopic (exact) mass is 247 g/mol. The van der Waals surface area contributed by atoms with E-state index in [-0.39, 0.29) is 18.0 Å². The zero-order valence-electron chi connectivity index (χ0n) is 9.82. The van der Waals surface area contributed by atoms with Gasteiger partial charge in [-0.15, -0.1) is 0 Å². The third kappa shape index (κ3) is 2.13. The van der Waals surface area contributed by atoms with Crippen LogP contribution in [0, 0.1) is 0 Å². The molecule has 4 N–H and O–H groups in total.